The number of hydrogen-bond donors (Lipinski definition) is 2. The van der Waals surface area contributed by atoms with E-state index in [-0.39, 0.29) is 12.2 Å². The minimum absolute atomic E-state index is 0.0304. The van der Waals surface area contributed by atoms with Crippen molar-refractivity contribution < 1.29 is 10.2 Å². The Morgan fingerprint density at radius 1 is 0.615 bits per heavy atom. The Kier molecular flexibility index (Phi) is 0.733. The van der Waals surface area contributed by atoms with Crippen molar-refractivity contribution in [3.8, 4) is 0 Å². The molecule has 0 radical (unpaired) electrons. The molecule has 0 aromatic rings. The summed E-state index contributed by atoms with van der Waals surface area (Å²) in [5.74, 6) is 5.33. The molecule has 2 nitrogen and oxygen atoms in total. The lowest BCUT2D eigenvalue weighted by atomic mass is 9.71. The second-order valence-electron chi connectivity index (χ2n) is 6.01. The molecular weight excluding hydrogens is 164 g/mol. The minimum atomic E-state index is -0.0304. The van der Waals surface area contributed by atoms with Crippen LogP contribution in [0.5, 0.6) is 0 Å². The highest BCUT2D eigenvalue weighted by Crippen LogP contribution is 2.82. The van der Waals surface area contributed by atoms with Crippen LogP contribution in [0.15, 0.2) is 0 Å². The third-order valence-electron chi connectivity index (χ3n) is 6.32. The molecule has 13 heavy (non-hydrogen) atoms. The van der Waals surface area contributed by atoms with Crippen molar-refractivity contribution in [3.05, 3.63) is 0 Å². The lowest BCUT2D eigenvalue weighted by molar-refractivity contribution is 0.0938. The van der Waals surface area contributed by atoms with E-state index in [9.17, 15) is 10.2 Å². The molecule has 0 heterocycles. The fraction of sp³-hybridized carbons (Fsp3) is 1.00. The van der Waals surface area contributed by atoms with E-state index in [1.165, 1.54) is 6.42 Å². The maximum atomic E-state index is 10.1. The second kappa shape index (κ2) is 1.49. The summed E-state index contributed by atoms with van der Waals surface area (Å²) in [5.41, 5.74) is 0. The molecule has 6 saturated carbocycles. The van der Waals surface area contributed by atoms with Crippen LogP contribution in [-0.2, 0) is 0 Å². The van der Waals surface area contributed by atoms with Crippen molar-refractivity contribution in [1.29, 1.82) is 0 Å². The second-order valence-corrected chi connectivity index (χ2v) is 6.01. The molecule has 70 valence electrons. The van der Waals surface area contributed by atoms with Crippen LogP contribution in [0.1, 0.15) is 6.42 Å². The zero-order valence-corrected chi connectivity index (χ0v) is 7.38. The zero-order valence-electron chi connectivity index (χ0n) is 7.38. The molecule has 0 aromatic heterocycles. The van der Waals surface area contributed by atoms with Crippen LogP contribution in [0.4, 0.5) is 0 Å². The highest BCUT2D eigenvalue weighted by atomic mass is 16.3. The molecule has 6 bridgehead atoms. The van der Waals surface area contributed by atoms with Gasteiger partial charge in [0.05, 0.1) is 12.2 Å². The van der Waals surface area contributed by atoms with Gasteiger partial charge in [0.25, 0.3) is 0 Å². The van der Waals surface area contributed by atoms with Gasteiger partial charge in [-0.2, -0.15) is 0 Å². The third-order valence-corrected chi connectivity index (χ3v) is 6.32. The van der Waals surface area contributed by atoms with Crippen molar-refractivity contribution in [2.45, 2.75) is 18.6 Å². The molecule has 0 aliphatic heterocycles. The van der Waals surface area contributed by atoms with Gasteiger partial charge in [-0.15, -0.1) is 0 Å². The molecule has 10 atom stereocenters. The molecule has 10 unspecified atom stereocenters. The van der Waals surface area contributed by atoms with Crippen LogP contribution < -0.4 is 0 Å². The first-order chi connectivity index (χ1) is 6.30. The van der Waals surface area contributed by atoms with E-state index in [4.69, 9.17) is 0 Å². The predicted octanol–water partition coefficient (Wildman–Crippen LogP) is 0.0959. The lowest BCUT2D eigenvalue weighted by Gasteiger charge is -2.32. The van der Waals surface area contributed by atoms with Gasteiger partial charge in [-0.05, 0) is 53.8 Å². The largest absolute Gasteiger partial charge is 0.393 e. The van der Waals surface area contributed by atoms with Crippen LogP contribution in [0.3, 0.4) is 0 Å². The first-order valence-corrected chi connectivity index (χ1v) is 5.67. The monoisotopic (exact) mass is 178 g/mol. The summed E-state index contributed by atoms with van der Waals surface area (Å²) in [6, 6.07) is 0. The molecule has 6 rings (SSSR count). The summed E-state index contributed by atoms with van der Waals surface area (Å²) in [5, 5.41) is 20.2. The van der Waals surface area contributed by atoms with E-state index in [2.05, 4.69) is 0 Å². The Bertz CT molecular complexity index is 281. The summed E-state index contributed by atoms with van der Waals surface area (Å²) in [6.07, 6.45) is 1.28. The quantitative estimate of drug-likeness (QED) is 0.552. The molecule has 0 amide bonds. The highest BCUT2D eigenvalue weighted by molar-refractivity contribution is 5.30. The van der Waals surface area contributed by atoms with Crippen molar-refractivity contribution in [2.75, 3.05) is 0 Å². The van der Waals surface area contributed by atoms with Gasteiger partial charge >= 0.3 is 0 Å². The molecule has 0 spiro atoms. The number of rotatable bonds is 0. The third kappa shape index (κ3) is 0.375. The van der Waals surface area contributed by atoms with E-state index in [0.717, 1.165) is 23.7 Å². The number of hydrogen-bond acceptors (Lipinski definition) is 2. The summed E-state index contributed by atoms with van der Waals surface area (Å²) in [7, 11) is 0. The van der Waals surface area contributed by atoms with Crippen LogP contribution in [-0.4, -0.2) is 22.4 Å². The van der Waals surface area contributed by atoms with Crippen LogP contribution in [0.25, 0.3) is 0 Å². The molecule has 0 saturated heterocycles. The Balaban J connectivity index is 1.86. The summed E-state index contributed by atoms with van der Waals surface area (Å²) in [6.45, 7) is 0. The molecule has 6 aliphatic rings. The van der Waals surface area contributed by atoms with Gasteiger partial charge in [-0.25, -0.2) is 0 Å². The van der Waals surface area contributed by atoms with Gasteiger partial charge in [-0.1, -0.05) is 0 Å². The van der Waals surface area contributed by atoms with Gasteiger partial charge in [0, 0.05) is 0 Å². The van der Waals surface area contributed by atoms with Gasteiger partial charge in [0.2, 0.25) is 0 Å². The van der Waals surface area contributed by atoms with E-state index < -0.39 is 0 Å². The predicted molar refractivity (Wildman–Crippen MR) is 44.6 cm³/mol. The normalized spacial score (nSPS) is 85.4. The fourth-order valence-corrected chi connectivity index (χ4v) is 6.58. The average molecular weight is 178 g/mol. The maximum absolute atomic E-state index is 10.1. The molecule has 6 fully saturated rings. The molecule has 0 aromatic carbocycles. The minimum Gasteiger partial charge on any atom is -0.393 e. The van der Waals surface area contributed by atoms with Crippen molar-refractivity contribution in [3.63, 3.8) is 0 Å². The highest BCUT2D eigenvalue weighted by Gasteiger charge is 2.83. The number of aliphatic hydroxyl groups excluding tert-OH is 2. The van der Waals surface area contributed by atoms with E-state index in [1.807, 2.05) is 0 Å². The Labute approximate surface area is 76.9 Å². The fourth-order valence-electron chi connectivity index (χ4n) is 6.58. The van der Waals surface area contributed by atoms with E-state index in [1.54, 1.807) is 0 Å². The average Bonchev–Trinajstić information content (AvgIpc) is 2.78. The first-order valence-electron chi connectivity index (χ1n) is 5.67. The SMILES string of the molecule is OC1C2C3CC4C5C(O)C(C1C35)C42. The van der Waals surface area contributed by atoms with Crippen molar-refractivity contribution in [1.82, 2.24) is 0 Å². The molecule has 2 N–H and O–H groups in total. The van der Waals surface area contributed by atoms with Crippen LogP contribution in [0.2, 0.25) is 0 Å². The smallest absolute Gasteiger partial charge is 0.0608 e. The van der Waals surface area contributed by atoms with Crippen molar-refractivity contribution >= 4 is 0 Å². The summed E-state index contributed by atoms with van der Waals surface area (Å²) < 4.78 is 0. The molecule has 6 aliphatic carbocycles. The zero-order chi connectivity index (χ0) is 8.48. The van der Waals surface area contributed by atoms with Crippen molar-refractivity contribution in [2.24, 2.45) is 47.3 Å². The molecular formula is C11H14O2. The van der Waals surface area contributed by atoms with Crippen LogP contribution in [0, 0.1) is 47.3 Å². The van der Waals surface area contributed by atoms with E-state index in [0.29, 0.717) is 23.7 Å². The van der Waals surface area contributed by atoms with Gasteiger partial charge in [0.1, 0.15) is 0 Å². The number of aliphatic hydroxyl groups is 2. The Hall–Kier alpha value is -0.0800. The van der Waals surface area contributed by atoms with Gasteiger partial charge < -0.3 is 10.2 Å². The molecule has 2 heteroatoms. The first kappa shape index (κ1) is 6.41. The standard InChI is InChI=1S/C11H14O2/c12-10-6-2-1-3-5(6)9-8(10)4(2)7(3)11(9)13/h2-13H,1H2. The van der Waals surface area contributed by atoms with Gasteiger partial charge in [-0.3, -0.25) is 0 Å². The summed E-state index contributed by atoms with van der Waals surface area (Å²) >= 11 is 0. The van der Waals surface area contributed by atoms with Gasteiger partial charge in [0.15, 0.2) is 0 Å². The van der Waals surface area contributed by atoms with Crippen LogP contribution >= 0.6 is 0 Å². The maximum Gasteiger partial charge on any atom is 0.0608 e. The summed E-state index contributed by atoms with van der Waals surface area (Å²) in [4.78, 5) is 0. The topological polar surface area (TPSA) is 40.5 Å². The van der Waals surface area contributed by atoms with E-state index >= 15 is 0 Å². The Morgan fingerprint density at radius 3 is 1.54 bits per heavy atom. The Morgan fingerprint density at radius 2 is 1.08 bits per heavy atom. The lowest BCUT2D eigenvalue weighted by Crippen LogP contribution is -2.30.